The molecule has 204 valence electrons. The van der Waals surface area contributed by atoms with Crippen molar-refractivity contribution < 1.29 is 28.5 Å². The van der Waals surface area contributed by atoms with Gasteiger partial charge < -0.3 is 23.7 Å². The van der Waals surface area contributed by atoms with Gasteiger partial charge >= 0.3 is 5.97 Å². The zero-order valence-corrected chi connectivity index (χ0v) is 23.1. The van der Waals surface area contributed by atoms with Gasteiger partial charge in [-0.2, -0.15) is 0 Å². The normalized spacial score (nSPS) is 14.5. The first-order chi connectivity index (χ1) is 19.0. The molecule has 2 heterocycles. The van der Waals surface area contributed by atoms with E-state index in [4.69, 9.17) is 23.7 Å². The van der Waals surface area contributed by atoms with Gasteiger partial charge in [-0.25, -0.2) is 9.79 Å². The van der Waals surface area contributed by atoms with Crippen LogP contribution >= 0.6 is 11.3 Å². The maximum atomic E-state index is 13.9. The van der Waals surface area contributed by atoms with Crippen LogP contribution in [0, 0.1) is 0 Å². The monoisotopic (exact) mass is 550 g/mol. The maximum Gasteiger partial charge on any atom is 0.337 e. The average Bonchev–Trinajstić information content (AvgIpc) is 3.27. The van der Waals surface area contributed by atoms with Crippen LogP contribution in [-0.2, 0) is 9.53 Å². The molecule has 0 amide bonds. The molecular weight excluding hydrogens is 520 g/mol. The molecule has 0 spiro atoms. The maximum absolute atomic E-state index is 13.9. The fourth-order valence-electron chi connectivity index (χ4n) is 4.23. The Morgan fingerprint density at radius 2 is 1.85 bits per heavy atom. The van der Waals surface area contributed by atoms with Crippen molar-refractivity contribution in [2.45, 2.75) is 19.9 Å². The summed E-state index contributed by atoms with van der Waals surface area (Å²) in [7, 11) is 2.85. The van der Waals surface area contributed by atoms with Crippen molar-refractivity contribution in [1.82, 2.24) is 4.57 Å². The Morgan fingerprint density at radius 1 is 1.08 bits per heavy atom. The number of para-hydroxylation sites is 1. The summed E-state index contributed by atoms with van der Waals surface area (Å²) in [5.41, 5.74) is 1.21. The number of fused-ring (bicyclic) bond motifs is 1. The first kappa shape index (κ1) is 27.7. The zero-order valence-electron chi connectivity index (χ0n) is 22.3. The van der Waals surface area contributed by atoms with Crippen LogP contribution in [0.4, 0.5) is 0 Å². The molecule has 1 aliphatic rings. The van der Waals surface area contributed by atoms with E-state index in [0.29, 0.717) is 56.7 Å². The van der Waals surface area contributed by atoms with Gasteiger partial charge in [0.15, 0.2) is 27.8 Å². The SMILES string of the molecule is C=CCOc1c(/C=c2/sc3n(c2=O)[C@H](c2ccc(OCC)c(OCC)c2)C(C(=O)OC)=CN=3)cccc1OC. The average molecular weight is 551 g/mol. The Balaban J connectivity index is 1.91. The van der Waals surface area contributed by atoms with Crippen LogP contribution in [0.3, 0.4) is 0 Å². The summed E-state index contributed by atoms with van der Waals surface area (Å²) in [4.78, 5) is 31.5. The number of benzene rings is 2. The molecule has 0 aliphatic carbocycles. The van der Waals surface area contributed by atoms with Gasteiger partial charge in [0.05, 0.1) is 43.6 Å². The van der Waals surface area contributed by atoms with Gasteiger partial charge in [-0.05, 0) is 43.7 Å². The van der Waals surface area contributed by atoms with Gasteiger partial charge in [0.1, 0.15) is 6.61 Å². The number of rotatable bonds is 11. The van der Waals surface area contributed by atoms with Crippen LogP contribution in [-0.4, -0.2) is 44.6 Å². The first-order valence-corrected chi connectivity index (χ1v) is 13.2. The van der Waals surface area contributed by atoms with Crippen molar-refractivity contribution in [2.75, 3.05) is 34.0 Å². The van der Waals surface area contributed by atoms with Crippen molar-refractivity contribution >= 4 is 23.4 Å². The van der Waals surface area contributed by atoms with Gasteiger partial charge in [-0.1, -0.05) is 42.2 Å². The number of carbonyl (C=O) groups excluding carboxylic acids is 1. The van der Waals surface area contributed by atoms with E-state index in [2.05, 4.69) is 11.6 Å². The predicted octanol–water partition coefficient (Wildman–Crippen LogP) is 3.39. The third-order valence-corrected chi connectivity index (χ3v) is 6.87. The molecule has 3 aromatic rings. The molecule has 0 saturated carbocycles. The van der Waals surface area contributed by atoms with Crippen LogP contribution in [0.25, 0.3) is 6.08 Å². The van der Waals surface area contributed by atoms with Crippen molar-refractivity contribution in [2.24, 2.45) is 4.99 Å². The highest BCUT2D eigenvalue weighted by molar-refractivity contribution is 7.07. The largest absolute Gasteiger partial charge is 0.493 e. The summed E-state index contributed by atoms with van der Waals surface area (Å²) >= 11 is 1.21. The van der Waals surface area contributed by atoms with Gasteiger partial charge in [0, 0.05) is 11.8 Å². The van der Waals surface area contributed by atoms with Gasteiger partial charge in [-0.15, -0.1) is 0 Å². The van der Waals surface area contributed by atoms with Crippen LogP contribution in [0.2, 0.25) is 0 Å². The topological polar surface area (TPSA) is 97.6 Å². The minimum absolute atomic E-state index is 0.222. The van der Waals surface area contributed by atoms with E-state index in [-0.39, 0.29) is 17.7 Å². The molecule has 1 aliphatic heterocycles. The lowest BCUT2D eigenvalue weighted by Crippen LogP contribution is -2.39. The lowest BCUT2D eigenvalue weighted by molar-refractivity contribution is -0.136. The van der Waals surface area contributed by atoms with E-state index >= 15 is 0 Å². The van der Waals surface area contributed by atoms with Gasteiger partial charge in [0.25, 0.3) is 5.56 Å². The van der Waals surface area contributed by atoms with Gasteiger partial charge in [-0.3, -0.25) is 9.36 Å². The predicted molar refractivity (Wildman–Crippen MR) is 149 cm³/mol. The lowest BCUT2D eigenvalue weighted by Gasteiger charge is -2.23. The van der Waals surface area contributed by atoms with Crippen molar-refractivity contribution in [1.29, 1.82) is 0 Å². The smallest absolute Gasteiger partial charge is 0.337 e. The molecule has 0 N–H and O–H groups in total. The Kier molecular flexibility index (Phi) is 8.88. The van der Waals surface area contributed by atoms with E-state index in [1.807, 2.05) is 26.0 Å². The second-order valence-electron chi connectivity index (χ2n) is 8.23. The molecular formula is C29H30N2O7S. The van der Waals surface area contributed by atoms with Crippen molar-refractivity contribution in [3.63, 3.8) is 0 Å². The van der Waals surface area contributed by atoms with E-state index in [1.54, 1.807) is 43.5 Å². The minimum atomic E-state index is -0.785. The van der Waals surface area contributed by atoms with E-state index in [0.717, 1.165) is 0 Å². The highest BCUT2D eigenvalue weighted by Crippen LogP contribution is 2.35. The molecule has 4 rings (SSSR count). The number of ether oxygens (including phenoxy) is 5. The zero-order chi connectivity index (χ0) is 27.9. The summed E-state index contributed by atoms with van der Waals surface area (Å²) in [6.07, 6.45) is 4.81. The van der Waals surface area contributed by atoms with E-state index in [1.165, 1.54) is 29.2 Å². The summed E-state index contributed by atoms with van der Waals surface area (Å²) in [6.45, 7) is 8.61. The molecule has 10 heteroatoms. The second-order valence-corrected chi connectivity index (χ2v) is 9.24. The Bertz CT molecular complexity index is 1590. The molecule has 0 bridgehead atoms. The number of hydrogen-bond acceptors (Lipinski definition) is 9. The lowest BCUT2D eigenvalue weighted by atomic mass is 9.97. The van der Waals surface area contributed by atoms with Crippen LogP contribution in [0.5, 0.6) is 23.0 Å². The molecule has 9 nitrogen and oxygen atoms in total. The minimum Gasteiger partial charge on any atom is -0.493 e. The number of aromatic nitrogens is 1. The van der Waals surface area contributed by atoms with Crippen LogP contribution in [0.15, 0.2) is 70.6 Å². The highest BCUT2D eigenvalue weighted by Gasteiger charge is 2.31. The highest BCUT2D eigenvalue weighted by atomic mass is 32.1. The number of nitrogens with zero attached hydrogens (tertiary/aromatic N) is 2. The fraction of sp³-hybridized carbons (Fsp3) is 0.276. The molecule has 2 aromatic carbocycles. The van der Waals surface area contributed by atoms with E-state index in [9.17, 15) is 9.59 Å². The summed E-state index contributed by atoms with van der Waals surface area (Å²) in [5.74, 6) is 1.52. The fourth-order valence-corrected chi connectivity index (χ4v) is 5.19. The Labute approximate surface area is 229 Å². The molecule has 0 unspecified atom stereocenters. The number of hydrogen-bond donors (Lipinski definition) is 0. The Morgan fingerprint density at radius 3 is 2.54 bits per heavy atom. The molecule has 1 aromatic heterocycles. The van der Waals surface area contributed by atoms with Gasteiger partial charge in [0.2, 0.25) is 0 Å². The third kappa shape index (κ3) is 5.61. The number of carbonyl (C=O) groups is 1. The molecule has 1 atom stereocenters. The van der Waals surface area contributed by atoms with Crippen LogP contribution in [0.1, 0.15) is 31.0 Å². The summed E-state index contributed by atoms with van der Waals surface area (Å²) in [5, 5.41) is 0. The Hall–Kier alpha value is -4.31. The molecule has 39 heavy (non-hydrogen) atoms. The number of thiazole rings is 1. The third-order valence-electron chi connectivity index (χ3n) is 5.87. The standard InChI is InChI=1S/C29H30N2O7S/c1-6-14-38-26-19(10-9-11-22(26)34-4)16-24-27(32)31-25(20(28(33)35-5)17-30-29(31)39-24)18-12-13-21(36-7-2)23(15-18)37-8-3/h6,9-13,15-17,25H,1,7-8,14H2,2-5H3/b24-16+/t25-/m1/s1. The summed E-state index contributed by atoms with van der Waals surface area (Å²) < 4.78 is 29.7. The van der Waals surface area contributed by atoms with E-state index < -0.39 is 12.0 Å². The number of methoxy groups -OCH3 is 2. The number of esters is 1. The van der Waals surface area contributed by atoms with Crippen molar-refractivity contribution in [3.05, 3.63) is 91.6 Å². The van der Waals surface area contributed by atoms with Crippen LogP contribution < -0.4 is 33.8 Å². The molecule has 0 radical (unpaired) electrons. The quantitative estimate of drug-likeness (QED) is 0.267. The molecule has 0 saturated heterocycles. The summed E-state index contributed by atoms with van der Waals surface area (Å²) in [6, 6.07) is 10.00. The van der Waals surface area contributed by atoms with Crippen molar-refractivity contribution in [3.8, 4) is 23.0 Å². The first-order valence-electron chi connectivity index (χ1n) is 12.4. The molecule has 0 fully saturated rings. The second kappa shape index (κ2) is 12.5.